The highest BCUT2D eigenvalue weighted by Gasteiger charge is 2.17. The molecule has 0 radical (unpaired) electrons. The number of thioether (sulfide) groups is 1. The van der Waals surface area contributed by atoms with Crippen LogP contribution in [0.4, 0.5) is 4.39 Å². The molecule has 2 rings (SSSR count). The number of ether oxygens (including phenoxy) is 1. The number of hydrogen-bond acceptors (Lipinski definition) is 4. The Bertz CT molecular complexity index is 755. The topological polar surface area (TPSA) is 67.4 Å². The van der Waals surface area contributed by atoms with E-state index in [9.17, 15) is 14.0 Å². The largest absolute Gasteiger partial charge is 0.478 e. The quantitative estimate of drug-likeness (QED) is 0.776. The van der Waals surface area contributed by atoms with Crippen molar-refractivity contribution in [3.63, 3.8) is 0 Å². The second-order valence-corrected chi connectivity index (χ2v) is 6.13. The molecule has 5 nitrogen and oxygen atoms in total. The average Bonchev–Trinajstić information content (AvgIpc) is 2.61. The number of nitrogens with one attached hydrogen (secondary N) is 2. The molecular formula is C18H19FN2O3S. The fraction of sp³-hybridized carbons (Fsp3) is 0.222. The summed E-state index contributed by atoms with van der Waals surface area (Å²) in [7, 11) is 0. The lowest BCUT2D eigenvalue weighted by Crippen LogP contribution is -2.47. The Balaban J connectivity index is 1.89. The number of para-hydroxylation sites is 1. The Morgan fingerprint density at radius 3 is 2.64 bits per heavy atom. The van der Waals surface area contributed by atoms with Gasteiger partial charge in [0.15, 0.2) is 17.7 Å². The maximum absolute atomic E-state index is 13.5. The summed E-state index contributed by atoms with van der Waals surface area (Å²) in [6, 6.07) is 12.9. The maximum atomic E-state index is 13.5. The van der Waals surface area contributed by atoms with Crippen LogP contribution >= 0.6 is 11.8 Å². The van der Waals surface area contributed by atoms with Crippen LogP contribution < -0.4 is 15.6 Å². The first-order valence-electron chi connectivity index (χ1n) is 7.60. The van der Waals surface area contributed by atoms with Crippen molar-refractivity contribution in [2.75, 3.05) is 6.26 Å². The van der Waals surface area contributed by atoms with Gasteiger partial charge in [0, 0.05) is 11.3 Å². The van der Waals surface area contributed by atoms with E-state index in [-0.39, 0.29) is 5.75 Å². The predicted molar refractivity (Wildman–Crippen MR) is 95.8 cm³/mol. The first-order chi connectivity index (χ1) is 12.0. The Hall–Kier alpha value is -2.54. The Morgan fingerprint density at radius 2 is 1.92 bits per heavy atom. The molecule has 0 bridgehead atoms. The van der Waals surface area contributed by atoms with Crippen LogP contribution in [-0.2, 0) is 10.5 Å². The van der Waals surface area contributed by atoms with Gasteiger partial charge in [0.05, 0.1) is 0 Å². The van der Waals surface area contributed by atoms with Gasteiger partial charge in [0.2, 0.25) is 0 Å². The van der Waals surface area contributed by atoms with Gasteiger partial charge in [-0.05, 0) is 43.0 Å². The third-order valence-corrected chi connectivity index (χ3v) is 3.93. The molecule has 0 spiro atoms. The number of amides is 2. The van der Waals surface area contributed by atoms with E-state index < -0.39 is 23.7 Å². The lowest BCUT2D eigenvalue weighted by Gasteiger charge is -2.15. The molecular weight excluding hydrogens is 343 g/mol. The molecule has 2 aromatic rings. The van der Waals surface area contributed by atoms with Crippen molar-refractivity contribution in [1.82, 2.24) is 10.9 Å². The van der Waals surface area contributed by atoms with Gasteiger partial charge in [-0.15, -0.1) is 0 Å². The van der Waals surface area contributed by atoms with Crippen molar-refractivity contribution < 1.29 is 18.7 Å². The van der Waals surface area contributed by atoms with E-state index in [0.717, 1.165) is 11.3 Å². The zero-order valence-electron chi connectivity index (χ0n) is 13.9. The van der Waals surface area contributed by atoms with Gasteiger partial charge in [-0.25, -0.2) is 4.39 Å². The van der Waals surface area contributed by atoms with Gasteiger partial charge < -0.3 is 4.74 Å². The third kappa shape index (κ3) is 5.49. The van der Waals surface area contributed by atoms with Crippen LogP contribution in [-0.4, -0.2) is 24.2 Å². The Labute approximate surface area is 149 Å². The summed E-state index contributed by atoms with van der Waals surface area (Å²) in [6.07, 6.45) is 1.00. The van der Waals surface area contributed by atoms with E-state index in [2.05, 4.69) is 10.9 Å². The van der Waals surface area contributed by atoms with Crippen molar-refractivity contribution in [3.8, 4) is 5.75 Å². The van der Waals surface area contributed by atoms with Crippen molar-refractivity contribution in [2.45, 2.75) is 18.8 Å². The fourth-order valence-corrected chi connectivity index (χ4v) is 2.56. The van der Waals surface area contributed by atoms with Crippen LogP contribution in [0.2, 0.25) is 0 Å². The molecule has 1 atom stereocenters. The number of benzene rings is 2. The number of carbonyl (C=O) groups is 2. The normalized spacial score (nSPS) is 11.5. The van der Waals surface area contributed by atoms with E-state index in [1.165, 1.54) is 25.1 Å². The predicted octanol–water partition coefficient (Wildman–Crippen LogP) is 2.92. The number of rotatable bonds is 6. The minimum absolute atomic E-state index is 0.0266. The summed E-state index contributed by atoms with van der Waals surface area (Å²) >= 11 is 1.65. The first-order valence-corrected chi connectivity index (χ1v) is 9.00. The Morgan fingerprint density at radius 1 is 1.16 bits per heavy atom. The molecule has 0 aliphatic carbocycles. The summed E-state index contributed by atoms with van der Waals surface area (Å²) in [6.45, 7) is 1.47. The molecule has 2 aromatic carbocycles. The zero-order chi connectivity index (χ0) is 18.2. The molecule has 0 saturated heterocycles. The van der Waals surface area contributed by atoms with Crippen molar-refractivity contribution >= 4 is 23.6 Å². The number of halogens is 1. The highest BCUT2D eigenvalue weighted by Crippen LogP contribution is 2.17. The molecule has 0 saturated carbocycles. The molecule has 2 N–H and O–H groups in total. The smallest absolute Gasteiger partial charge is 0.279 e. The third-order valence-electron chi connectivity index (χ3n) is 3.31. The van der Waals surface area contributed by atoms with Gasteiger partial charge in [0.25, 0.3) is 11.8 Å². The van der Waals surface area contributed by atoms with Crippen LogP contribution in [0.1, 0.15) is 22.8 Å². The minimum atomic E-state index is -0.972. The van der Waals surface area contributed by atoms with Crippen LogP contribution in [0, 0.1) is 5.82 Å². The Kier molecular flexibility index (Phi) is 6.82. The minimum Gasteiger partial charge on any atom is -0.478 e. The van der Waals surface area contributed by atoms with E-state index in [1.807, 2.05) is 12.3 Å². The lowest BCUT2D eigenvalue weighted by molar-refractivity contribution is -0.128. The molecule has 0 fully saturated rings. The van der Waals surface area contributed by atoms with Crippen LogP contribution in [0.25, 0.3) is 0 Å². The van der Waals surface area contributed by atoms with Gasteiger partial charge in [-0.1, -0.05) is 24.3 Å². The van der Waals surface area contributed by atoms with E-state index >= 15 is 0 Å². The van der Waals surface area contributed by atoms with Crippen LogP contribution in [0.15, 0.2) is 48.5 Å². The summed E-state index contributed by atoms with van der Waals surface area (Å²) in [5.74, 6) is -0.814. The van der Waals surface area contributed by atoms with Gasteiger partial charge >= 0.3 is 0 Å². The average molecular weight is 362 g/mol. The molecule has 0 heterocycles. The van der Waals surface area contributed by atoms with Gasteiger partial charge in [-0.3, -0.25) is 20.4 Å². The van der Waals surface area contributed by atoms with Crippen molar-refractivity contribution in [2.24, 2.45) is 0 Å². The van der Waals surface area contributed by atoms with Crippen LogP contribution in [0.3, 0.4) is 0 Å². The molecule has 7 heteroatoms. The number of hydrogen-bond donors (Lipinski definition) is 2. The molecule has 0 aliphatic rings. The van der Waals surface area contributed by atoms with Gasteiger partial charge in [0.1, 0.15) is 0 Å². The SMILES string of the molecule is CSCc1cccc(C(=O)NNC(=O)[C@@H](C)Oc2ccccc2F)c1. The van der Waals surface area contributed by atoms with E-state index in [1.54, 1.807) is 36.0 Å². The molecule has 0 aliphatic heterocycles. The highest BCUT2D eigenvalue weighted by molar-refractivity contribution is 7.97. The maximum Gasteiger partial charge on any atom is 0.279 e. The standard InChI is InChI=1S/C18H19FN2O3S/c1-12(24-16-9-4-3-8-15(16)19)17(22)20-21-18(23)14-7-5-6-13(10-14)11-25-2/h3-10,12H,11H2,1-2H3,(H,20,22)(H,21,23)/t12-/m1/s1. The highest BCUT2D eigenvalue weighted by atomic mass is 32.2. The molecule has 132 valence electrons. The van der Waals surface area contributed by atoms with Crippen LogP contribution in [0.5, 0.6) is 5.75 Å². The van der Waals surface area contributed by atoms with E-state index in [0.29, 0.717) is 5.56 Å². The lowest BCUT2D eigenvalue weighted by atomic mass is 10.1. The zero-order valence-corrected chi connectivity index (χ0v) is 14.7. The van der Waals surface area contributed by atoms with Crippen molar-refractivity contribution in [3.05, 3.63) is 65.5 Å². The summed E-state index contributed by atoms with van der Waals surface area (Å²) < 4.78 is 18.8. The molecule has 0 aromatic heterocycles. The second-order valence-electron chi connectivity index (χ2n) is 5.27. The van der Waals surface area contributed by atoms with Gasteiger partial charge in [-0.2, -0.15) is 11.8 Å². The van der Waals surface area contributed by atoms with Crippen molar-refractivity contribution in [1.29, 1.82) is 0 Å². The number of hydrazine groups is 1. The molecule has 2 amide bonds. The summed E-state index contributed by atoms with van der Waals surface area (Å²) in [5.41, 5.74) is 6.07. The van der Waals surface area contributed by atoms with E-state index in [4.69, 9.17) is 4.74 Å². The molecule has 0 unspecified atom stereocenters. The number of carbonyl (C=O) groups excluding carboxylic acids is 2. The first kappa shape index (κ1) is 18.8. The summed E-state index contributed by atoms with van der Waals surface area (Å²) in [4.78, 5) is 24.1. The second kappa shape index (κ2) is 9.08. The summed E-state index contributed by atoms with van der Waals surface area (Å²) in [5, 5.41) is 0. The monoisotopic (exact) mass is 362 g/mol. The molecule has 25 heavy (non-hydrogen) atoms. The fourth-order valence-electron chi connectivity index (χ4n) is 2.05.